The number of carbonyl (C=O) groups is 2. The third-order valence-corrected chi connectivity index (χ3v) is 5.62. The van der Waals surface area contributed by atoms with Gasteiger partial charge in [-0.25, -0.2) is 4.79 Å². The van der Waals surface area contributed by atoms with Crippen LogP contribution in [0.25, 0.3) is 0 Å². The molecule has 29 heavy (non-hydrogen) atoms. The summed E-state index contributed by atoms with van der Waals surface area (Å²) in [5.41, 5.74) is 3.63. The quantitative estimate of drug-likeness (QED) is 0.559. The van der Waals surface area contributed by atoms with Crippen LogP contribution >= 0.6 is 0 Å². The van der Waals surface area contributed by atoms with Crippen molar-refractivity contribution in [2.45, 2.75) is 59.3 Å². The number of rotatable bonds is 6. The molecule has 0 spiro atoms. The van der Waals surface area contributed by atoms with Gasteiger partial charge in [-0.15, -0.1) is 0 Å². The third kappa shape index (κ3) is 4.39. The van der Waals surface area contributed by atoms with Gasteiger partial charge in [-0.3, -0.25) is 4.79 Å². The number of Topliss-reactive ketones (excluding diaryl/α,β-unsaturated/α-hetero) is 1. The van der Waals surface area contributed by atoms with Gasteiger partial charge in [-0.05, 0) is 42.9 Å². The molecule has 0 radical (unpaired) electrons. The molecular formula is C24H31NO4. The molecule has 1 atom stereocenters. The summed E-state index contributed by atoms with van der Waals surface area (Å²) >= 11 is 0. The van der Waals surface area contributed by atoms with Gasteiger partial charge in [0.2, 0.25) is 0 Å². The van der Waals surface area contributed by atoms with Crippen LogP contribution in [0.1, 0.15) is 64.9 Å². The van der Waals surface area contributed by atoms with Crippen molar-refractivity contribution in [3.8, 4) is 5.75 Å². The highest BCUT2D eigenvalue weighted by Gasteiger charge is 2.43. The molecule has 0 unspecified atom stereocenters. The SMILES string of the molecule is CCCCOC(=O)C1=C(C)NC2=C(C(=O)CC(C)(C)C2)[C@H]1c1cccc(OC)c1. The van der Waals surface area contributed by atoms with Gasteiger partial charge in [-0.1, -0.05) is 39.3 Å². The number of esters is 1. The Hall–Kier alpha value is -2.56. The predicted octanol–water partition coefficient (Wildman–Crippen LogP) is 4.64. The van der Waals surface area contributed by atoms with Gasteiger partial charge in [0.15, 0.2) is 5.78 Å². The van der Waals surface area contributed by atoms with Crippen LogP contribution in [0.3, 0.4) is 0 Å². The number of carbonyl (C=O) groups excluding carboxylic acids is 2. The lowest BCUT2D eigenvalue weighted by Gasteiger charge is -2.39. The molecule has 156 valence electrons. The van der Waals surface area contributed by atoms with Crippen LogP contribution in [0, 0.1) is 5.41 Å². The summed E-state index contributed by atoms with van der Waals surface area (Å²) in [7, 11) is 1.61. The zero-order valence-corrected chi connectivity index (χ0v) is 18.1. The standard InChI is InChI=1S/C24H31NO4/c1-6-7-11-29-23(27)20-15(2)25-18-13-24(3,4)14-19(26)22(18)21(20)16-9-8-10-17(12-16)28-5/h8-10,12,21,25H,6-7,11,13-14H2,1-5H3/t21-/m0/s1. The first kappa shape index (κ1) is 21.2. The number of unbranched alkanes of at least 4 members (excludes halogenated alkanes) is 1. The molecule has 0 amide bonds. The second kappa shape index (κ2) is 8.44. The van der Waals surface area contributed by atoms with E-state index in [1.807, 2.05) is 31.2 Å². The second-order valence-electron chi connectivity index (χ2n) is 8.70. The van der Waals surface area contributed by atoms with Crippen LogP contribution in [0.15, 0.2) is 46.8 Å². The van der Waals surface area contributed by atoms with E-state index in [9.17, 15) is 9.59 Å². The summed E-state index contributed by atoms with van der Waals surface area (Å²) < 4.78 is 10.9. The highest BCUT2D eigenvalue weighted by molar-refractivity contribution is 6.04. The molecule has 0 saturated carbocycles. The van der Waals surface area contributed by atoms with Crippen molar-refractivity contribution in [1.82, 2.24) is 5.32 Å². The van der Waals surface area contributed by atoms with Crippen molar-refractivity contribution in [2.75, 3.05) is 13.7 Å². The molecule has 1 heterocycles. The van der Waals surface area contributed by atoms with E-state index in [2.05, 4.69) is 26.1 Å². The number of methoxy groups -OCH3 is 1. The third-order valence-electron chi connectivity index (χ3n) is 5.62. The van der Waals surface area contributed by atoms with Gasteiger partial charge in [0.05, 0.1) is 19.3 Å². The maximum Gasteiger partial charge on any atom is 0.336 e. The Morgan fingerprint density at radius 3 is 2.72 bits per heavy atom. The predicted molar refractivity (Wildman–Crippen MR) is 112 cm³/mol. The minimum Gasteiger partial charge on any atom is -0.497 e. The number of hydrogen-bond donors (Lipinski definition) is 1. The van der Waals surface area contributed by atoms with Crippen molar-refractivity contribution < 1.29 is 19.1 Å². The van der Waals surface area contributed by atoms with E-state index in [4.69, 9.17) is 9.47 Å². The highest BCUT2D eigenvalue weighted by atomic mass is 16.5. The van der Waals surface area contributed by atoms with Crippen LogP contribution in [-0.4, -0.2) is 25.5 Å². The summed E-state index contributed by atoms with van der Waals surface area (Å²) in [5.74, 6) is -0.0226. The first-order chi connectivity index (χ1) is 13.8. The van der Waals surface area contributed by atoms with Crippen LogP contribution in [0.4, 0.5) is 0 Å². The molecule has 2 aliphatic rings. The zero-order chi connectivity index (χ0) is 21.2. The number of benzene rings is 1. The van der Waals surface area contributed by atoms with E-state index in [0.29, 0.717) is 29.9 Å². The molecule has 5 nitrogen and oxygen atoms in total. The molecule has 5 heteroatoms. The van der Waals surface area contributed by atoms with E-state index in [-0.39, 0.29) is 17.2 Å². The molecule has 0 fully saturated rings. The summed E-state index contributed by atoms with van der Waals surface area (Å²) in [4.78, 5) is 26.3. The molecule has 1 aliphatic heterocycles. The summed E-state index contributed by atoms with van der Waals surface area (Å²) in [5, 5.41) is 3.36. The molecule has 1 N–H and O–H groups in total. The van der Waals surface area contributed by atoms with Crippen LogP contribution in [0.2, 0.25) is 0 Å². The van der Waals surface area contributed by atoms with E-state index >= 15 is 0 Å². The Morgan fingerprint density at radius 2 is 2.03 bits per heavy atom. The number of ether oxygens (including phenoxy) is 2. The normalized spacial score (nSPS) is 20.9. The molecule has 0 saturated heterocycles. The van der Waals surface area contributed by atoms with Crippen LogP contribution in [-0.2, 0) is 14.3 Å². The molecule has 0 bridgehead atoms. The Morgan fingerprint density at radius 1 is 1.28 bits per heavy atom. The van der Waals surface area contributed by atoms with Crippen molar-refractivity contribution in [1.29, 1.82) is 0 Å². The van der Waals surface area contributed by atoms with Gasteiger partial charge in [0.1, 0.15) is 5.75 Å². The molecule has 1 aliphatic carbocycles. The van der Waals surface area contributed by atoms with Gasteiger partial charge < -0.3 is 14.8 Å². The monoisotopic (exact) mass is 397 g/mol. The molecule has 1 aromatic carbocycles. The van der Waals surface area contributed by atoms with Gasteiger partial charge >= 0.3 is 5.97 Å². The molecule has 0 aromatic heterocycles. The van der Waals surface area contributed by atoms with Gasteiger partial charge in [0.25, 0.3) is 0 Å². The number of nitrogens with one attached hydrogen (secondary N) is 1. The van der Waals surface area contributed by atoms with Gasteiger partial charge in [0, 0.05) is 29.3 Å². The van der Waals surface area contributed by atoms with Crippen molar-refractivity contribution in [3.05, 3.63) is 52.4 Å². The number of allylic oxidation sites excluding steroid dienone is 3. The maximum absolute atomic E-state index is 13.2. The summed E-state index contributed by atoms with van der Waals surface area (Å²) in [6.07, 6.45) is 3.00. The van der Waals surface area contributed by atoms with Crippen LogP contribution < -0.4 is 10.1 Å². The van der Waals surface area contributed by atoms with E-state index in [1.54, 1.807) is 7.11 Å². The summed E-state index contributed by atoms with van der Waals surface area (Å²) in [6, 6.07) is 7.60. The topological polar surface area (TPSA) is 64.6 Å². The minimum atomic E-state index is -0.445. The molecular weight excluding hydrogens is 366 g/mol. The van der Waals surface area contributed by atoms with Gasteiger partial charge in [-0.2, -0.15) is 0 Å². The van der Waals surface area contributed by atoms with E-state index in [1.165, 1.54) is 0 Å². The zero-order valence-electron chi connectivity index (χ0n) is 18.1. The average molecular weight is 398 g/mol. The Kier molecular flexibility index (Phi) is 6.15. The smallest absolute Gasteiger partial charge is 0.336 e. The molecule has 3 rings (SSSR count). The number of ketones is 1. The first-order valence-electron chi connectivity index (χ1n) is 10.3. The summed E-state index contributed by atoms with van der Waals surface area (Å²) in [6.45, 7) is 8.53. The lowest BCUT2D eigenvalue weighted by Crippen LogP contribution is -2.38. The van der Waals surface area contributed by atoms with E-state index in [0.717, 1.165) is 36.2 Å². The number of hydrogen-bond acceptors (Lipinski definition) is 5. The number of dihydropyridines is 1. The van der Waals surface area contributed by atoms with Crippen molar-refractivity contribution >= 4 is 11.8 Å². The Labute approximate surface area is 173 Å². The second-order valence-corrected chi connectivity index (χ2v) is 8.70. The average Bonchev–Trinajstić information content (AvgIpc) is 2.66. The fourth-order valence-electron chi connectivity index (χ4n) is 4.25. The fraction of sp³-hybridized carbons (Fsp3) is 0.500. The largest absolute Gasteiger partial charge is 0.497 e. The lowest BCUT2D eigenvalue weighted by molar-refractivity contribution is -0.139. The first-order valence-corrected chi connectivity index (χ1v) is 10.3. The van der Waals surface area contributed by atoms with Crippen molar-refractivity contribution in [3.63, 3.8) is 0 Å². The minimum absolute atomic E-state index is 0.0860. The lowest BCUT2D eigenvalue weighted by atomic mass is 9.68. The fourth-order valence-corrected chi connectivity index (χ4v) is 4.25. The Balaban J connectivity index is 2.10. The van der Waals surface area contributed by atoms with E-state index < -0.39 is 5.92 Å². The van der Waals surface area contributed by atoms with Crippen molar-refractivity contribution in [2.24, 2.45) is 5.41 Å². The highest BCUT2D eigenvalue weighted by Crippen LogP contribution is 2.47. The van der Waals surface area contributed by atoms with Crippen LogP contribution in [0.5, 0.6) is 5.75 Å². The maximum atomic E-state index is 13.2. The Bertz CT molecular complexity index is 879. The molecule has 1 aromatic rings.